The summed E-state index contributed by atoms with van der Waals surface area (Å²) in [4.78, 5) is 14.1. The molecule has 2 unspecified atom stereocenters. The summed E-state index contributed by atoms with van der Waals surface area (Å²) in [5.74, 6) is -0.314. The molecule has 0 saturated carbocycles. The Kier molecular flexibility index (Phi) is 23.6. The van der Waals surface area contributed by atoms with E-state index in [1.807, 2.05) is 0 Å². The van der Waals surface area contributed by atoms with Gasteiger partial charge in [0, 0.05) is 13.1 Å². The highest BCUT2D eigenvalue weighted by Gasteiger charge is 2.23. The number of rotatable bonds is 24. The van der Waals surface area contributed by atoms with Gasteiger partial charge in [-0.05, 0) is 38.5 Å². The lowest BCUT2D eigenvalue weighted by Crippen LogP contribution is -2.44. The van der Waals surface area contributed by atoms with Gasteiger partial charge in [0.15, 0.2) is 0 Å². The van der Waals surface area contributed by atoms with Crippen molar-refractivity contribution in [2.45, 2.75) is 142 Å². The Labute approximate surface area is 204 Å². The molecule has 0 radical (unpaired) electrons. The monoisotopic (exact) mass is 469 g/mol. The van der Waals surface area contributed by atoms with E-state index in [-0.39, 0.29) is 19.1 Å². The number of amides is 1. The van der Waals surface area contributed by atoms with Crippen LogP contribution in [0.5, 0.6) is 0 Å². The fourth-order valence-corrected chi connectivity index (χ4v) is 4.08. The van der Waals surface area contributed by atoms with Gasteiger partial charge >= 0.3 is 0 Å². The number of nitrogens with zero attached hydrogens (tertiary/aromatic N) is 1. The molecular weight excluding hydrogens is 414 g/mol. The van der Waals surface area contributed by atoms with Crippen molar-refractivity contribution in [1.82, 2.24) is 4.90 Å². The van der Waals surface area contributed by atoms with Crippen molar-refractivity contribution in [3.63, 3.8) is 0 Å². The van der Waals surface area contributed by atoms with Gasteiger partial charge in [0.1, 0.15) is 6.10 Å². The van der Waals surface area contributed by atoms with Crippen LogP contribution in [0, 0.1) is 0 Å². The van der Waals surface area contributed by atoms with Gasteiger partial charge < -0.3 is 20.2 Å². The van der Waals surface area contributed by atoms with Crippen molar-refractivity contribution in [2.24, 2.45) is 0 Å². The molecule has 0 aromatic carbocycles. The molecule has 3 N–H and O–H groups in total. The number of carbonyl (C=O) groups excluding carboxylic acids is 1. The third-order valence-corrected chi connectivity index (χ3v) is 6.26. The van der Waals surface area contributed by atoms with Gasteiger partial charge in [-0.2, -0.15) is 0 Å². The Hall–Kier alpha value is -0.910. The molecule has 0 spiro atoms. The van der Waals surface area contributed by atoms with Crippen LogP contribution >= 0.6 is 0 Å². The van der Waals surface area contributed by atoms with E-state index >= 15 is 0 Å². The SMILES string of the molecule is CCCCCCCCC=CCCCCCCCCN(CC(O)CO)C(=O)C(O)CCCCC. The highest BCUT2D eigenvalue weighted by molar-refractivity contribution is 5.80. The van der Waals surface area contributed by atoms with Crippen LogP contribution < -0.4 is 0 Å². The molecule has 0 fully saturated rings. The quantitative estimate of drug-likeness (QED) is 0.117. The zero-order valence-corrected chi connectivity index (χ0v) is 21.9. The minimum Gasteiger partial charge on any atom is -0.394 e. The molecule has 5 nitrogen and oxygen atoms in total. The molecule has 196 valence electrons. The molecule has 2 atom stereocenters. The molecule has 0 saturated heterocycles. The van der Waals surface area contributed by atoms with Crippen molar-refractivity contribution in [3.8, 4) is 0 Å². The average Bonchev–Trinajstić information content (AvgIpc) is 2.82. The summed E-state index contributed by atoms with van der Waals surface area (Å²) in [5, 5.41) is 29.1. The second kappa shape index (κ2) is 24.2. The topological polar surface area (TPSA) is 81.0 Å². The van der Waals surface area contributed by atoms with Crippen LogP contribution in [0.3, 0.4) is 0 Å². The standard InChI is InChI=1S/C28H55NO4/c1-3-5-7-8-9-10-11-12-13-14-15-16-17-18-19-21-23-29(24-26(31)25-30)28(33)27(32)22-20-6-4-2/h12-13,26-27,30-32H,3-11,14-25H2,1-2H3. The van der Waals surface area contributed by atoms with Gasteiger partial charge in [-0.25, -0.2) is 0 Å². The smallest absolute Gasteiger partial charge is 0.251 e. The Morgan fingerprint density at radius 3 is 1.76 bits per heavy atom. The van der Waals surface area contributed by atoms with E-state index in [0.717, 1.165) is 38.5 Å². The maximum atomic E-state index is 12.6. The maximum Gasteiger partial charge on any atom is 0.251 e. The van der Waals surface area contributed by atoms with Crippen LogP contribution in [0.15, 0.2) is 12.2 Å². The van der Waals surface area contributed by atoms with Gasteiger partial charge in [-0.1, -0.05) is 103 Å². The first-order valence-corrected chi connectivity index (χ1v) is 14.0. The lowest BCUT2D eigenvalue weighted by atomic mass is 10.1. The maximum absolute atomic E-state index is 12.6. The molecule has 0 rings (SSSR count). The molecular formula is C28H55NO4. The summed E-state index contributed by atoms with van der Waals surface area (Å²) >= 11 is 0. The second-order valence-corrected chi connectivity index (χ2v) is 9.57. The lowest BCUT2D eigenvalue weighted by molar-refractivity contribution is -0.142. The minimum absolute atomic E-state index is 0.0885. The number of aliphatic hydroxyl groups is 3. The predicted octanol–water partition coefficient (Wildman–Crippen LogP) is 6.15. The summed E-state index contributed by atoms with van der Waals surface area (Å²) in [6.07, 6.45) is 23.4. The van der Waals surface area contributed by atoms with Crippen LogP contribution in [-0.4, -0.2) is 58.0 Å². The fraction of sp³-hybridized carbons (Fsp3) is 0.893. The number of unbranched alkanes of at least 4 members (excludes halogenated alkanes) is 14. The summed E-state index contributed by atoms with van der Waals surface area (Å²) < 4.78 is 0. The van der Waals surface area contributed by atoms with E-state index in [2.05, 4.69) is 26.0 Å². The summed E-state index contributed by atoms with van der Waals surface area (Å²) in [6.45, 7) is 4.59. The predicted molar refractivity (Wildman–Crippen MR) is 139 cm³/mol. The Morgan fingerprint density at radius 1 is 0.727 bits per heavy atom. The first-order valence-electron chi connectivity index (χ1n) is 14.0. The fourth-order valence-electron chi connectivity index (χ4n) is 4.08. The Bertz CT molecular complexity index is 455. The van der Waals surface area contributed by atoms with E-state index in [1.54, 1.807) is 0 Å². The summed E-state index contributed by atoms with van der Waals surface area (Å²) in [5.41, 5.74) is 0. The van der Waals surface area contributed by atoms with Gasteiger partial charge in [0.2, 0.25) is 0 Å². The van der Waals surface area contributed by atoms with Crippen molar-refractivity contribution >= 4 is 5.91 Å². The van der Waals surface area contributed by atoms with Crippen molar-refractivity contribution in [3.05, 3.63) is 12.2 Å². The van der Waals surface area contributed by atoms with Crippen molar-refractivity contribution < 1.29 is 20.1 Å². The Morgan fingerprint density at radius 2 is 1.21 bits per heavy atom. The largest absolute Gasteiger partial charge is 0.394 e. The first-order chi connectivity index (χ1) is 16.1. The van der Waals surface area contributed by atoms with Crippen molar-refractivity contribution in [2.75, 3.05) is 19.7 Å². The number of carbonyl (C=O) groups is 1. The summed E-state index contributed by atoms with van der Waals surface area (Å²) in [6, 6.07) is 0. The molecule has 0 bridgehead atoms. The molecule has 33 heavy (non-hydrogen) atoms. The highest BCUT2D eigenvalue weighted by atomic mass is 16.3. The lowest BCUT2D eigenvalue weighted by Gasteiger charge is -2.27. The van der Waals surface area contributed by atoms with Gasteiger partial charge in [-0.15, -0.1) is 0 Å². The van der Waals surface area contributed by atoms with Crippen LogP contribution in [-0.2, 0) is 4.79 Å². The van der Waals surface area contributed by atoms with E-state index in [1.165, 1.54) is 75.5 Å². The molecule has 0 heterocycles. The van der Waals surface area contributed by atoms with Crippen molar-refractivity contribution in [1.29, 1.82) is 0 Å². The summed E-state index contributed by atoms with van der Waals surface area (Å²) in [7, 11) is 0. The molecule has 0 aliphatic heterocycles. The molecule has 0 aliphatic carbocycles. The number of hydrogen-bond acceptors (Lipinski definition) is 4. The van der Waals surface area contributed by atoms with E-state index in [0.29, 0.717) is 13.0 Å². The third-order valence-electron chi connectivity index (χ3n) is 6.26. The zero-order valence-electron chi connectivity index (χ0n) is 21.9. The number of allylic oxidation sites excluding steroid dienone is 2. The minimum atomic E-state index is -1.00. The number of aliphatic hydroxyl groups excluding tert-OH is 3. The van der Waals surface area contributed by atoms with Gasteiger partial charge in [0.25, 0.3) is 5.91 Å². The average molecular weight is 470 g/mol. The van der Waals surface area contributed by atoms with Gasteiger partial charge in [0.05, 0.1) is 12.7 Å². The Balaban J connectivity index is 3.86. The normalized spacial score (nSPS) is 13.5. The molecule has 0 aromatic rings. The molecule has 0 aromatic heterocycles. The van der Waals surface area contributed by atoms with Crippen LogP contribution in [0.2, 0.25) is 0 Å². The first kappa shape index (κ1) is 32.1. The van der Waals surface area contributed by atoms with Crippen LogP contribution in [0.1, 0.15) is 129 Å². The highest BCUT2D eigenvalue weighted by Crippen LogP contribution is 2.12. The van der Waals surface area contributed by atoms with E-state index in [9.17, 15) is 15.0 Å². The third kappa shape index (κ3) is 20.2. The van der Waals surface area contributed by atoms with E-state index < -0.39 is 12.2 Å². The van der Waals surface area contributed by atoms with Crippen LogP contribution in [0.25, 0.3) is 0 Å². The van der Waals surface area contributed by atoms with Crippen LogP contribution in [0.4, 0.5) is 0 Å². The van der Waals surface area contributed by atoms with E-state index in [4.69, 9.17) is 5.11 Å². The molecule has 0 aliphatic rings. The van der Waals surface area contributed by atoms with Gasteiger partial charge in [-0.3, -0.25) is 4.79 Å². The molecule has 5 heteroatoms. The second-order valence-electron chi connectivity index (χ2n) is 9.57. The number of hydrogen-bond donors (Lipinski definition) is 3. The zero-order chi connectivity index (χ0) is 24.6. The molecule has 1 amide bonds.